The number of rotatable bonds is 1. The van der Waals surface area contributed by atoms with Gasteiger partial charge in [-0.3, -0.25) is 0 Å². The fourth-order valence-electron chi connectivity index (χ4n) is 2.50. The Morgan fingerprint density at radius 3 is 2.60 bits per heavy atom. The number of nitrogens with zero attached hydrogens (tertiary/aromatic N) is 1. The first-order chi connectivity index (χ1) is 9.90. The van der Waals surface area contributed by atoms with Crippen molar-refractivity contribution in [3.8, 4) is 0 Å². The highest BCUT2D eigenvalue weighted by molar-refractivity contribution is 7.99. The molecule has 0 fully saturated rings. The van der Waals surface area contributed by atoms with E-state index < -0.39 is 0 Å². The van der Waals surface area contributed by atoms with Gasteiger partial charge in [0.1, 0.15) is 0 Å². The van der Waals surface area contributed by atoms with Crippen molar-refractivity contribution >= 4 is 28.7 Å². The van der Waals surface area contributed by atoms with E-state index in [2.05, 4.69) is 66.7 Å². The van der Waals surface area contributed by atoms with Gasteiger partial charge in [0, 0.05) is 10.3 Å². The molecular formula is C18H13NS. The highest BCUT2D eigenvalue weighted by atomic mass is 32.2. The second kappa shape index (κ2) is 4.80. The van der Waals surface area contributed by atoms with Crippen molar-refractivity contribution in [2.45, 2.75) is 10.1 Å². The van der Waals surface area contributed by atoms with Gasteiger partial charge in [0.15, 0.2) is 0 Å². The normalized spacial score (nSPS) is 17.1. The average molecular weight is 275 g/mol. The first-order valence-electron chi connectivity index (χ1n) is 6.70. The minimum atomic E-state index is 0.381. The van der Waals surface area contributed by atoms with Gasteiger partial charge in [0.05, 0.1) is 16.5 Å². The van der Waals surface area contributed by atoms with Gasteiger partial charge in [-0.2, -0.15) is 0 Å². The molecule has 1 atom stereocenters. The molecule has 0 amide bonds. The molecule has 20 heavy (non-hydrogen) atoms. The molecule has 0 saturated carbocycles. The van der Waals surface area contributed by atoms with E-state index >= 15 is 0 Å². The van der Waals surface area contributed by atoms with Crippen LogP contribution in [0.25, 0.3) is 17.0 Å². The molecule has 1 nitrogen and oxygen atoms in total. The fraction of sp³-hybridized carbons (Fsp3) is 0.0556. The molecule has 4 rings (SSSR count). The van der Waals surface area contributed by atoms with Crippen LogP contribution in [0, 0.1) is 0 Å². The topological polar surface area (TPSA) is 12.9 Å². The van der Waals surface area contributed by atoms with Crippen LogP contribution in [0.1, 0.15) is 16.5 Å². The first kappa shape index (κ1) is 11.7. The van der Waals surface area contributed by atoms with Gasteiger partial charge in [-0.15, -0.1) is 11.8 Å². The molecule has 1 aromatic heterocycles. The lowest BCUT2D eigenvalue weighted by Crippen LogP contribution is -1.98. The van der Waals surface area contributed by atoms with Crippen molar-refractivity contribution in [1.82, 2.24) is 4.98 Å². The van der Waals surface area contributed by atoms with Crippen LogP contribution < -0.4 is 0 Å². The lowest BCUT2D eigenvalue weighted by Gasteiger charge is -2.19. The van der Waals surface area contributed by atoms with Crippen molar-refractivity contribution in [2.75, 3.05) is 0 Å². The number of thioether (sulfide) groups is 1. The van der Waals surface area contributed by atoms with Crippen LogP contribution in [0.5, 0.6) is 0 Å². The molecule has 96 valence electrons. The van der Waals surface area contributed by atoms with E-state index in [9.17, 15) is 0 Å². The number of fused-ring (bicyclic) bond motifs is 2. The second-order valence-electron chi connectivity index (χ2n) is 4.87. The van der Waals surface area contributed by atoms with Gasteiger partial charge in [-0.25, -0.2) is 4.98 Å². The third-order valence-corrected chi connectivity index (χ3v) is 4.79. The molecular weight excluding hydrogens is 262 g/mol. The van der Waals surface area contributed by atoms with E-state index in [1.807, 2.05) is 17.8 Å². The lowest BCUT2D eigenvalue weighted by molar-refractivity contribution is 1.17. The molecule has 0 bridgehead atoms. The summed E-state index contributed by atoms with van der Waals surface area (Å²) in [5, 5.41) is 1.59. The Labute approximate surface area is 122 Å². The monoisotopic (exact) mass is 275 g/mol. The van der Waals surface area contributed by atoms with Crippen LogP contribution in [0.4, 0.5) is 0 Å². The number of benzene rings is 2. The Kier molecular flexibility index (Phi) is 2.82. The molecule has 0 aliphatic carbocycles. The summed E-state index contributed by atoms with van der Waals surface area (Å²) in [6, 6.07) is 21.2. The summed E-state index contributed by atoms with van der Waals surface area (Å²) in [6.07, 6.45) is 4.39. The van der Waals surface area contributed by atoms with Gasteiger partial charge in [0.2, 0.25) is 0 Å². The Balaban J connectivity index is 1.78. The summed E-state index contributed by atoms with van der Waals surface area (Å²) in [7, 11) is 0. The number of para-hydroxylation sites is 1. The minimum Gasteiger partial charge on any atom is -0.247 e. The first-order valence-corrected chi connectivity index (χ1v) is 7.58. The van der Waals surface area contributed by atoms with Gasteiger partial charge in [-0.1, -0.05) is 54.6 Å². The van der Waals surface area contributed by atoms with E-state index in [1.165, 1.54) is 15.8 Å². The average Bonchev–Trinajstić information content (AvgIpc) is 2.53. The summed E-state index contributed by atoms with van der Waals surface area (Å²) in [6.45, 7) is 0. The lowest BCUT2D eigenvalue weighted by atomic mass is 10.1. The van der Waals surface area contributed by atoms with E-state index in [-0.39, 0.29) is 0 Å². The van der Waals surface area contributed by atoms with Crippen molar-refractivity contribution in [2.24, 2.45) is 0 Å². The summed E-state index contributed by atoms with van der Waals surface area (Å²) >= 11 is 1.88. The van der Waals surface area contributed by atoms with Crippen molar-refractivity contribution < 1.29 is 0 Å². The summed E-state index contributed by atoms with van der Waals surface area (Å²) < 4.78 is 0. The zero-order valence-electron chi connectivity index (χ0n) is 10.9. The molecule has 0 radical (unpaired) electrons. The van der Waals surface area contributed by atoms with Crippen LogP contribution in [0.3, 0.4) is 0 Å². The summed E-state index contributed by atoms with van der Waals surface area (Å²) in [5.74, 6) is 0. The number of hydrogen-bond acceptors (Lipinski definition) is 2. The molecule has 2 heterocycles. The Hall–Kier alpha value is -2.06. The van der Waals surface area contributed by atoms with Crippen molar-refractivity contribution in [1.29, 1.82) is 0 Å². The number of hydrogen-bond donors (Lipinski definition) is 0. The molecule has 0 N–H and O–H groups in total. The maximum Gasteiger partial charge on any atom is 0.0770 e. The van der Waals surface area contributed by atoms with Gasteiger partial charge < -0.3 is 0 Å². The third-order valence-electron chi connectivity index (χ3n) is 3.53. The summed E-state index contributed by atoms with van der Waals surface area (Å²) in [4.78, 5) is 6.00. The maximum absolute atomic E-state index is 4.74. The quantitative estimate of drug-likeness (QED) is 0.613. The minimum absolute atomic E-state index is 0.381. The maximum atomic E-state index is 4.74. The van der Waals surface area contributed by atoms with Crippen LogP contribution in [-0.4, -0.2) is 4.98 Å². The molecule has 1 aliphatic rings. The number of aromatic nitrogens is 1. The van der Waals surface area contributed by atoms with Gasteiger partial charge in [-0.05, 0) is 23.8 Å². The SMILES string of the molecule is C1=CC(c2ccccc2)Sc2cc3ccccc3nc21. The standard InChI is InChI=1S/C18H13NS/c1-2-6-13(7-3-1)17-11-10-16-18(20-17)12-14-8-4-5-9-15(14)19-16/h1-12,17H. The summed E-state index contributed by atoms with van der Waals surface area (Å²) in [5.41, 5.74) is 3.49. The molecule has 2 aromatic carbocycles. The van der Waals surface area contributed by atoms with E-state index in [4.69, 9.17) is 4.98 Å². The van der Waals surface area contributed by atoms with Gasteiger partial charge >= 0.3 is 0 Å². The van der Waals surface area contributed by atoms with E-state index in [0.717, 1.165) is 11.2 Å². The molecule has 0 spiro atoms. The van der Waals surface area contributed by atoms with Crippen LogP contribution >= 0.6 is 11.8 Å². The molecule has 3 aromatic rings. The molecule has 0 saturated heterocycles. The highest BCUT2D eigenvalue weighted by Crippen LogP contribution is 2.42. The highest BCUT2D eigenvalue weighted by Gasteiger charge is 2.17. The smallest absolute Gasteiger partial charge is 0.0770 e. The fourth-order valence-corrected chi connectivity index (χ4v) is 3.66. The van der Waals surface area contributed by atoms with Crippen LogP contribution in [0.15, 0.2) is 71.6 Å². The Bertz CT molecular complexity index is 793. The van der Waals surface area contributed by atoms with Gasteiger partial charge in [0.25, 0.3) is 0 Å². The zero-order chi connectivity index (χ0) is 13.4. The van der Waals surface area contributed by atoms with Crippen LogP contribution in [-0.2, 0) is 0 Å². The van der Waals surface area contributed by atoms with Crippen LogP contribution in [0.2, 0.25) is 0 Å². The molecule has 2 heteroatoms. The largest absolute Gasteiger partial charge is 0.247 e. The van der Waals surface area contributed by atoms with Crippen molar-refractivity contribution in [3.63, 3.8) is 0 Å². The third kappa shape index (κ3) is 2.02. The second-order valence-corrected chi connectivity index (χ2v) is 6.06. The Morgan fingerprint density at radius 2 is 1.70 bits per heavy atom. The van der Waals surface area contributed by atoms with Crippen molar-refractivity contribution in [3.05, 3.63) is 78.0 Å². The molecule has 1 unspecified atom stereocenters. The predicted octanol–water partition coefficient (Wildman–Crippen LogP) is 5.10. The number of pyridine rings is 1. The predicted molar refractivity (Wildman–Crippen MR) is 85.8 cm³/mol. The zero-order valence-corrected chi connectivity index (χ0v) is 11.7. The van der Waals surface area contributed by atoms with E-state index in [0.29, 0.717) is 5.25 Å². The van der Waals surface area contributed by atoms with E-state index in [1.54, 1.807) is 0 Å². The Morgan fingerprint density at radius 1 is 0.900 bits per heavy atom. The molecule has 1 aliphatic heterocycles.